The fourth-order valence-electron chi connectivity index (χ4n) is 2.54. The van der Waals surface area contributed by atoms with E-state index < -0.39 is 15.9 Å². The number of carbonyl (C=O) groups is 1. The van der Waals surface area contributed by atoms with E-state index in [1.807, 2.05) is 0 Å². The highest BCUT2D eigenvalue weighted by Gasteiger charge is 2.21. The number of ether oxygens (including phenoxy) is 2. The molecule has 0 atom stereocenters. The smallest absolute Gasteiger partial charge is 0.264 e. The molecule has 3 rings (SSSR count). The first-order chi connectivity index (χ1) is 14.8. The first-order valence-electron chi connectivity index (χ1n) is 9.06. The van der Waals surface area contributed by atoms with Crippen LogP contribution in [0.25, 0.3) is 0 Å². The summed E-state index contributed by atoms with van der Waals surface area (Å²) >= 11 is 0. The lowest BCUT2D eigenvalue weighted by molar-refractivity contribution is -0.0258. The Kier molecular flexibility index (Phi) is 6.85. The second kappa shape index (κ2) is 9.56. The average molecular weight is 443 g/mol. The number of hydroxylamine groups is 1. The number of pyridine rings is 1. The predicted molar refractivity (Wildman–Crippen MR) is 114 cm³/mol. The van der Waals surface area contributed by atoms with Crippen LogP contribution in [-0.2, 0) is 14.9 Å². The number of hydrogen-bond acceptors (Lipinski definition) is 7. The molecule has 0 unspecified atom stereocenters. The van der Waals surface area contributed by atoms with Crippen molar-refractivity contribution in [2.75, 3.05) is 26.6 Å². The highest BCUT2D eigenvalue weighted by molar-refractivity contribution is 7.89. The van der Waals surface area contributed by atoms with E-state index in [1.165, 1.54) is 38.4 Å². The van der Waals surface area contributed by atoms with Gasteiger partial charge < -0.3 is 14.8 Å². The number of methoxy groups -OCH3 is 1. The second-order valence-corrected chi connectivity index (χ2v) is 8.15. The number of amides is 1. The molecular weight excluding hydrogens is 422 g/mol. The number of rotatable bonds is 8. The zero-order chi connectivity index (χ0) is 22.4. The number of anilines is 1. The van der Waals surface area contributed by atoms with Crippen molar-refractivity contribution in [2.24, 2.45) is 0 Å². The lowest BCUT2D eigenvalue weighted by atomic mass is 10.2. The van der Waals surface area contributed by atoms with Crippen molar-refractivity contribution in [1.82, 2.24) is 9.45 Å². The molecule has 0 aliphatic carbocycles. The Morgan fingerprint density at radius 3 is 2.23 bits per heavy atom. The van der Waals surface area contributed by atoms with Crippen molar-refractivity contribution in [1.29, 1.82) is 0 Å². The minimum atomic E-state index is -3.80. The van der Waals surface area contributed by atoms with Gasteiger partial charge in [0.25, 0.3) is 15.9 Å². The van der Waals surface area contributed by atoms with E-state index in [2.05, 4.69) is 10.3 Å². The van der Waals surface area contributed by atoms with Gasteiger partial charge in [-0.05, 0) is 60.7 Å². The quantitative estimate of drug-likeness (QED) is 0.532. The molecule has 0 bridgehead atoms. The van der Waals surface area contributed by atoms with Gasteiger partial charge in [-0.3, -0.25) is 9.63 Å². The first kappa shape index (κ1) is 22.2. The summed E-state index contributed by atoms with van der Waals surface area (Å²) in [5.41, 5.74) is 0.623. The van der Waals surface area contributed by atoms with Crippen molar-refractivity contribution < 1.29 is 27.5 Å². The minimum Gasteiger partial charge on any atom is -0.497 e. The largest absolute Gasteiger partial charge is 0.497 e. The van der Waals surface area contributed by atoms with Gasteiger partial charge in [-0.2, -0.15) is 0 Å². The van der Waals surface area contributed by atoms with Crippen molar-refractivity contribution >= 4 is 21.6 Å². The lowest BCUT2D eigenvalue weighted by Crippen LogP contribution is -2.25. The van der Waals surface area contributed by atoms with Crippen LogP contribution in [0.5, 0.6) is 17.4 Å². The van der Waals surface area contributed by atoms with E-state index in [0.717, 1.165) is 4.47 Å². The van der Waals surface area contributed by atoms with Crippen LogP contribution < -0.4 is 14.8 Å². The number of aromatic nitrogens is 1. The Morgan fingerprint density at radius 1 is 0.968 bits per heavy atom. The summed E-state index contributed by atoms with van der Waals surface area (Å²) in [6, 6.07) is 15.7. The molecule has 31 heavy (non-hydrogen) atoms. The van der Waals surface area contributed by atoms with Crippen molar-refractivity contribution in [3.05, 3.63) is 72.4 Å². The van der Waals surface area contributed by atoms with E-state index in [-0.39, 0.29) is 16.3 Å². The summed E-state index contributed by atoms with van der Waals surface area (Å²) in [5.74, 6) is 0.967. The Balaban J connectivity index is 1.76. The van der Waals surface area contributed by atoms with Crippen LogP contribution in [0.3, 0.4) is 0 Å². The number of carbonyl (C=O) groups excluding carboxylic acids is 1. The van der Waals surface area contributed by atoms with Gasteiger partial charge in [0.15, 0.2) is 0 Å². The summed E-state index contributed by atoms with van der Waals surface area (Å²) in [6.07, 6.45) is 1.54. The van der Waals surface area contributed by atoms with Gasteiger partial charge in [0.2, 0.25) is 5.88 Å². The zero-order valence-electron chi connectivity index (χ0n) is 17.1. The van der Waals surface area contributed by atoms with Gasteiger partial charge in [0.05, 0.1) is 19.1 Å². The van der Waals surface area contributed by atoms with E-state index in [4.69, 9.17) is 14.3 Å². The summed E-state index contributed by atoms with van der Waals surface area (Å²) in [6.45, 7) is 0. The van der Waals surface area contributed by atoms with Gasteiger partial charge in [0.1, 0.15) is 17.2 Å². The van der Waals surface area contributed by atoms with Gasteiger partial charge in [-0.25, -0.2) is 13.4 Å². The first-order valence-corrected chi connectivity index (χ1v) is 10.5. The van der Waals surface area contributed by atoms with Crippen LogP contribution in [0.4, 0.5) is 5.69 Å². The predicted octanol–water partition coefficient (Wildman–Crippen LogP) is 3.32. The third kappa shape index (κ3) is 5.18. The molecule has 1 N–H and O–H groups in total. The second-order valence-electron chi connectivity index (χ2n) is 6.21. The molecule has 0 saturated heterocycles. The average Bonchev–Trinajstić information content (AvgIpc) is 2.80. The molecule has 1 amide bonds. The topological polar surface area (TPSA) is 107 Å². The van der Waals surface area contributed by atoms with Gasteiger partial charge in [0, 0.05) is 18.8 Å². The minimum absolute atomic E-state index is 0.00157. The Hall–Kier alpha value is -3.47. The molecule has 1 aromatic heterocycles. The summed E-state index contributed by atoms with van der Waals surface area (Å²) in [5, 5.41) is 2.73. The normalized spacial score (nSPS) is 11.2. The lowest BCUT2D eigenvalue weighted by Gasteiger charge is -2.14. The van der Waals surface area contributed by atoms with Crippen molar-refractivity contribution in [3.8, 4) is 17.4 Å². The Morgan fingerprint density at radius 2 is 1.61 bits per heavy atom. The molecule has 3 aromatic rings. The molecule has 0 spiro atoms. The monoisotopic (exact) mass is 443 g/mol. The maximum absolute atomic E-state index is 12.7. The fraction of sp³-hybridized carbons (Fsp3) is 0.143. The van der Waals surface area contributed by atoms with Gasteiger partial charge >= 0.3 is 0 Å². The molecule has 0 fully saturated rings. The van der Waals surface area contributed by atoms with Gasteiger partial charge in [-0.15, -0.1) is 0 Å². The van der Waals surface area contributed by atoms with Crippen molar-refractivity contribution in [3.63, 3.8) is 0 Å². The standard InChI is InChI=1S/C21H21N3O6S/c1-24(29-3)31(26,27)18-12-6-15(7-13-18)20(25)23-19-5-4-14-22-21(19)30-17-10-8-16(28-2)9-11-17/h4-14H,1-3H3,(H,23,25). The van der Waals surface area contributed by atoms with E-state index in [1.54, 1.807) is 49.7 Å². The van der Waals surface area contributed by atoms with Crippen molar-refractivity contribution in [2.45, 2.75) is 4.90 Å². The molecule has 0 radical (unpaired) electrons. The molecular formula is C21H21N3O6S. The number of nitrogens with one attached hydrogen (secondary N) is 1. The molecule has 0 aliphatic heterocycles. The van der Waals surface area contributed by atoms with Crippen LogP contribution >= 0.6 is 0 Å². The highest BCUT2D eigenvalue weighted by Crippen LogP contribution is 2.28. The molecule has 0 aliphatic rings. The summed E-state index contributed by atoms with van der Waals surface area (Å²) in [4.78, 5) is 21.6. The van der Waals surface area contributed by atoms with E-state index in [0.29, 0.717) is 17.2 Å². The van der Waals surface area contributed by atoms with Crippen LogP contribution in [0.1, 0.15) is 10.4 Å². The van der Waals surface area contributed by atoms with Crippen LogP contribution in [0.2, 0.25) is 0 Å². The molecule has 1 heterocycles. The SMILES string of the molecule is COc1ccc(Oc2ncccc2NC(=O)c2ccc(S(=O)(=O)N(C)OC)cc2)cc1. The molecule has 162 valence electrons. The van der Waals surface area contributed by atoms with Gasteiger partial charge in [-0.1, -0.05) is 4.47 Å². The van der Waals surface area contributed by atoms with E-state index >= 15 is 0 Å². The Bertz CT molecular complexity index is 1150. The highest BCUT2D eigenvalue weighted by atomic mass is 32.2. The molecule has 10 heteroatoms. The molecule has 0 saturated carbocycles. The van der Waals surface area contributed by atoms with Crippen LogP contribution in [-0.4, -0.2) is 45.0 Å². The summed E-state index contributed by atoms with van der Waals surface area (Å²) < 4.78 is 36.1. The molecule has 2 aromatic carbocycles. The van der Waals surface area contributed by atoms with Crippen LogP contribution in [0, 0.1) is 0 Å². The van der Waals surface area contributed by atoms with E-state index in [9.17, 15) is 13.2 Å². The third-order valence-electron chi connectivity index (χ3n) is 4.30. The maximum Gasteiger partial charge on any atom is 0.264 e. The number of nitrogens with zero attached hydrogens (tertiary/aromatic N) is 2. The number of sulfonamides is 1. The molecule has 9 nitrogen and oxygen atoms in total. The Labute approximate surface area is 180 Å². The maximum atomic E-state index is 12.7. The van der Waals surface area contributed by atoms with Crippen LogP contribution in [0.15, 0.2) is 71.8 Å². The zero-order valence-corrected chi connectivity index (χ0v) is 17.9. The third-order valence-corrected chi connectivity index (χ3v) is 6.00. The number of hydrogen-bond donors (Lipinski definition) is 1. The number of benzene rings is 2. The summed E-state index contributed by atoms with van der Waals surface area (Å²) in [7, 11) is 0.303. The fourth-order valence-corrected chi connectivity index (χ4v) is 3.52.